The molecule has 0 saturated carbocycles. The topological polar surface area (TPSA) is 18.5 Å². The van der Waals surface area contributed by atoms with Crippen LogP contribution in [0.15, 0.2) is 24.3 Å². The molecule has 0 amide bonds. The first kappa shape index (κ1) is 16.6. The van der Waals surface area contributed by atoms with Crippen LogP contribution in [0.1, 0.15) is 30.9 Å². The molecule has 2 fully saturated rings. The van der Waals surface area contributed by atoms with E-state index < -0.39 is 18.6 Å². The minimum absolute atomic E-state index is 0.579. The van der Waals surface area contributed by atoms with Crippen LogP contribution in [0.3, 0.4) is 0 Å². The van der Waals surface area contributed by atoms with Crippen molar-refractivity contribution >= 4 is 5.69 Å². The maximum absolute atomic E-state index is 13.0. The summed E-state index contributed by atoms with van der Waals surface area (Å²) in [5.74, 6) is 0. The molecule has 0 unspecified atom stereocenters. The van der Waals surface area contributed by atoms with Crippen molar-refractivity contribution in [2.24, 2.45) is 0 Å². The van der Waals surface area contributed by atoms with Crippen LogP contribution in [0.25, 0.3) is 0 Å². The molecule has 3 rings (SSSR count). The summed E-state index contributed by atoms with van der Waals surface area (Å²) >= 11 is 0. The van der Waals surface area contributed by atoms with Crippen molar-refractivity contribution < 1.29 is 13.2 Å². The first-order valence-electron chi connectivity index (χ1n) is 8.39. The van der Waals surface area contributed by atoms with E-state index in [0.717, 1.165) is 37.4 Å². The van der Waals surface area contributed by atoms with E-state index in [1.807, 2.05) is 29.2 Å². The minimum atomic E-state index is -4.15. The minimum Gasteiger partial charge on any atom is -0.372 e. The summed E-state index contributed by atoms with van der Waals surface area (Å²) in [5.41, 5.74) is 1.89. The first-order valence-corrected chi connectivity index (χ1v) is 8.39. The van der Waals surface area contributed by atoms with Gasteiger partial charge in [-0.15, -0.1) is 0 Å². The molecule has 2 saturated heterocycles. The molecule has 2 heterocycles. The van der Waals surface area contributed by atoms with Gasteiger partial charge in [-0.25, -0.2) is 0 Å². The SMILES string of the molecule is FC(F)(F)C[C@H](c1ccc(N2CCCC2)cc1)N1CCNCC1. The Morgan fingerprint density at radius 3 is 2.13 bits per heavy atom. The lowest BCUT2D eigenvalue weighted by Gasteiger charge is -2.35. The van der Waals surface area contributed by atoms with Gasteiger partial charge in [-0.3, -0.25) is 4.90 Å². The van der Waals surface area contributed by atoms with Gasteiger partial charge in [-0.05, 0) is 30.5 Å². The fourth-order valence-corrected chi connectivity index (χ4v) is 3.55. The highest BCUT2D eigenvalue weighted by Gasteiger charge is 2.35. The van der Waals surface area contributed by atoms with Gasteiger partial charge in [0.15, 0.2) is 0 Å². The van der Waals surface area contributed by atoms with Crippen LogP contribution in [0.2, 0.25) is 0 Å². The summed E-state index contributed by atoms with van der Waals surface area (Å²) in [6.07, 6.45) is -2.54. The Balaban J connectivity index is 1.77. The molecule has 0 spiro atoms. The van der Waals surface area contributed by atoms with Crippen molar-refractivity contribution in [3.63, 3.8) is 0 Å². The van der Waals surface area contributed by atoms with Crippen molar-refractivity contribution in [3.8, 4) is 0 Å². The second kappa shape index (κ2) is 7.09. The third-order valence-corrected chi connectivity index (χ3v) is 4.77. The molecule has 1 aromatic carbocycles. The maximum Gasteiger partial charge on any atom is 0.390 e. The number of hydrogen-bond donors (Lipinski definition) is 1. The van der Waals surface area contributed by atoms with E-state index in [9.17, 15) is 13.2 Å². The fraction of sp³-hybridized carbons (Fsp3) is 0.647. The molecular formula is C17H24F3N3. The van der Waals surface area contributed by atoms with E-state index in [0.29, 0.717) is 13.1 Å². The molecular weight excluding hydrogens is 303 g/mol. The largest absolute Gasteiger partial charge is 0.390 e. The average molecular weight is 327 g/mol. The maximum atomic E-state index is 13.0. The van der Waals surface area contributed by atoms with Crippen LogP contribution in [-0.2, 0) is 0 Å². The summed E-state index contributed by atoms with van der Waals surface area (Å²) in [7, 11) is 0. The van der Waals surface area contributed by atoms with Crippen molar-refractivity contribution in [1.29, 1.82) is 0 Å². The number of hydrogen-bond acceptors (Lipinski definition) is 3. The van der Waals surface area contributed by atoms with Gasteiger partial charge in [0.05, 0.1) is 6.42 Å². The zero-order valence-corrected chi connectivity index (χ0v) is 13.3. The van der Waals surface area contributed by atoms with E-state index in [-0.39, 0.29) is 0 Å². The van der Waals surface area contributed by atoms with Crippen LogP contribution in [0.5, 0.6) is 0 Å². The molecule has 1 N–H and O–H groups in total. The molecule has 3 nitrogen and oxygen atoms in total. The molecule has 0 radical (unpaired) electrons. The normalized spacial score (nSPS) is 21.6. The summed E-state index contributed by atoms with van der Waals surface area (Å²) in [6, 6.07) is 7.14. The Hall–Kier alpha value is -1.27. The molecule has 2 aliphatic heterocycles. The average Bonchev–Trinajstić information content (AvgIpc) is 3.07. The lowest BCUT2D eigenvalue weighted by Crippen LogP contribution is -2.46. The van der Waals surface area contributed by atoms with Gasteiger partial charge in [0.2, 0.25) is 0 Å². The Bertz CT molecular complexity index is 489. The van der Waals surface area contributed by atoms with Gasteiger partial charge < -0.3 is 10.2 Å². The number of halogens is 3. The Morgan fingerprint density at radius 2 is 1.57 bits per heavy atom. The second-order valence-corrected chi connectivity index (χ2v) is 6.41. The molecule has 2 aliphatic rings. The highest BCUT2D eigenvalue weighted by molar-refractivity contribution is 5.48. The number of nitrogens with zero attached hydrogens (tertiary/aromatic N) is 2. The lowest BCUT2D eigenvalue weighted by molar-refractivity contribution is -0.148. The zero-order valence-electron chi connectivity index (χ0n) is 13.3. The monoisotopic (exact) mass is 327 g/mol. The number of anilines is 1. The van der Waals surface area contributed by atoms with Gasteiger partial charge in [-0.1, -0.05) is 12.1 Å². The molecule has 0 aliphatic carbocycles. The number of piperazine rings is 1. The predicted molar refractivity (Wildman–Crippen MR) is 85.7 cm³/mol. The summed E-state index contributed by atoms with van der Waals surface area (Å²) < 4.78 is 39.1. The molecule has 0 aromatic heterocycles. The molecule has 23 heavy (non-hydrogen) atoms. The second-order valence-electron chi connectivity index (χ2n) is 6.41. The van der Waals surface area contributed by atoms with Crippen molar-refractivity contribution in [3.05, 3.63) is 29.8 Å². The van der Waals surface area contributed by atoms with Crippen LogP contribution >= 0.6 is 0 Å². The van der Waals surface area contributed by atoms with Crippen molar-refractivity contribution in [2.75, 3.05) is 44.2 Å². The fourth-order valence-electron chi connectivity index (χ4n) is 3.55. The van der Waals surface area contributed by atoms with Gasteiger partial charge in [0.25, 0.3) is 0 Å². The Labute approximate surface area is 135 Å². The van der Waals surface area contributed by atoms with E-state index in [1.165, 1.54) is 12.8 Å². The van der Waals surface area contributed by atoms with Crippen LogP contribution in [0.4, 0.5) is 18.9 Å². The third kappa shape index (κ3) is 4.38. The predicted octanol–water partition coefficient (Wildman–Crippen LogP) is 3.19. The third-order valence-electron chi connectivity index (χ3n) is 4.77. The molecule has 0 bridgehead atoms. The summed E-state index contributed by atoms with van der Waals surface area (Å²) in [5, 5.41) is 3.20. The molecule has 128 valence electrons. The quantitative estimate of drug-likeness (QED) is 0.916. The first-order chi connectivity index (χ1) is 11.0. The highest BCUT2D eigenvalue weighted by atomic mass is 19.4. The highest BCUT2D eigenvalue weighted by Crippen LogP contribution is 2.35. The van der Waals surface area contributed by atoms with Gasteiger partial charge in [0.1, 0.15) is 0 Å². The number of benzene rings is 1. The van der Waals surface area contributed by atoms with E-state index >= 15 is 0 Å². The molecule has 1 aromatic rings. The van der Waals surface area contributed by atoms with Gasteiger partial charge in [0, 0.05) is 51.0 Å². The number of alkyl halides is 3. The van der Waals surface area contributed by atoms with Crippen LogP contribution < -0.4 is 10.2 Å². The van der Waals surface area contributed by atoms with Crippen LogP contribution in [-0.4, -0.2) is 50.3 Å². The Kier molecular flexibility index (Phi) is 5.11. The lowest BCUT2D eigenvalue weighted by atomic mass is 10.0. The van der Waals surface area contributed by atoms with E-state index in [4.69, 9.17) is 0 Å². The van der Waals surface area contributed by atoms with E-state index in [2.05, 4.69) is 10.2 Å². The smallest absolute Gasteiger partial charge is 0.372 e. The van der Waals surface area contributed by atoms with E-state index in [1.54, 1.807) is 0 Å². The van der Waals surface area contributed by atoms with Crippen LogP contribution in [0, 0.1) is 0 Å². The summed E-state index contributed by atoms with van der Waals surface area (Å²) in [6.45, 7) is 4.91. The Morgan fingerprint density at radius 1 is 0.957 bits per heavy atom. The molecule has 6 heteroatoms. The van der Waals surface area contributed by atoms with Gasteiger partial charge >= 0.3 is 6.18 Å². The number of rotatable bonds is 4. The number of nitrogens with one attached hydrogen (secondary N) is 1. The van der Waals surface area contributed by atoms with Crippen molar-refractivity contribution in [2.45, 2.75) is 31.5 Å². The molecule has 1 atom stereocenters. The zero-order chi connectivity index (χ0) is 16.3. The standard InChI is InChI=1S/C17H24F3N3/c18-17(19,20)13-16(23-11-7-21-8-12-23)14-3-5-15(6-4-14)22-9-1-2-10-22/h3-6,16,21H,1-2,7-13H2/t16-/m1/s1. The van der Waals surface area contributed by atoms with Crippen molar-refractivity contribution in [1.82, 2.24) is 10.2 Å². The summed E-state index contributed by atoms with van der Waals surface area (Å²) in [4.78, 5) is 4.25. The van der Waals surface area contributed by atoms with Gasteiger partial charge in [-0.2, -0.15) is 13.2 Å².